The van der Waals surface area contributed by atoms with Gasteiger partial charge in [-0.3, -0.25) is 0 Å². The van der Waals surface area contributed by atoms with E-state index in [1.165, 1.54) is 12.1 Å². The fourth-order valence-corrected chi connectivity index (χ4v) is 5.14. The molecule has 0 aromatic heterocycles. The summed E-state index contributed by atoms with van der Waals surface area (Å²) in [5.74, 6) is -1.44. The molecule has 0 spiro atoms. The molecule has 0 saturated carbocycles. The summed E-state index contributed by atoms with van der Waals surface area (Å²) < 4.78 is 80.1. The third-order valence-electron chi connectivity index (χ3n) is 7.88. The van der Waals surface area contributed by atoms with Crippen LogP contribution < -0.4 is 0 Å². The van der Waals surface area contributed by atoms with E-state index in [1.807, 2.05) is 38.1 Å². The van der Waals surface area contributed by atoms with E-state index in [9.17, 15) is 13.2 Å². The highest BCUT2D eigenvalue weighted by Gasteiger charge is 2.52. The molecule has 1 heterocycles. The largest absolute Gasteiger partial charge is 0.468 e. The first-order valence-electron chi connectivity index (χ1n) is 17.3. The predicted molar refractivity (Wildman–Crippen MR) is 182 cm³/mol. The molecule has 0 amide bonds. The number of hydrogen-bond donors (Lipinski definition) is 0. The van der Waals surface area contributed by atoms with Crippen molar-refractivity contribution in [1.82, 2.24) is 0 Å². The zero-order valence-corrected chi connectivity index (χ0v) is 28.9. The Morgan fingerprint density at radius 1 is 0.776 bits per heavy atom. The summed E-state index contributed by atoms with van der Waals surface area (Å²) in [6.07, 6.45) is -3.60. The molecule has 1 fully saturated rings. The first-order chi connectivity index (χ1) is 23.8. The van der Waals surface area contributed by atoms with Crippen LogP contribution in [0.25, 0.3) is 10.4 Å². The minimum Gasteiger partial charge on any atom is -0.441 e. The van der Waals surface area contributed by atoms with Gasteiger partial charge in [0.05, 0.1) is 18.9 Å². The van der Waals surface area contributed by atoms with Gasteiger partial charge in [-0.15, -0.1) is 0 Å². The van der Waals surface area contributed by atoms with Crippen molar-refractivity contribution in [2.45, 2.75) is 109 Å². The smallest absolute Gasteiger partial charge is 0.441 e. The molecular weight excluding hydrogens is 641 g/mol. The van der Waals surface area contributed by atoms with Gasteiger partial charge in [-0.1, -0.05) is 87.6 Å². The quantitative estimate of drug-likeness (QED) is 0.0304. The number of nitrogens with zero attached hydrogens (tertiary/aromatic N) is 4. The third kappa shape index (κ3) is 14.3. The Morgan fingerprint density at radius 2 is 1.35 bits per heavy atom. The molecule has 2 aromatic rings. The third-order valence-corrected chi connectivity index (χ3v) is 7.88. The van der Waals surface area contributed by atoms with Crippen LogP contribution in [-0.4, -0.2) is 82.4 Å². The molecule has 1 saturated heterocycles. The lowest BCUT2D eigenvalue weighted by Crippen LogP contribution is -2.62. The van der Waals surface area contributed by atoms with Crippen molar-refractivity contribution < 1.29 is 41.6 Å². The first kappa shape index (κ1) is 40.2. The Balaban J connectivity index is 1.86. The van der Waals surface area contributed by atoms with E-state index in [0.29, 0.717) is 45.6 Å². The highest BCUT2D eigenvalue weighted by Crippen LogP contribution is 2.33. The molecule has 2 aromatic carbocycles. The minimum absolute atomic E-state index is 0.0351. The number of unbranched alkanes of at least 4 members (excludes halogenated alkanes) is 3. The number of alkyl halides is 3. The number of azide groups is 1. The zero-order valence-electron chi connectivity index (χ0n) is 28.9. The molecule has 1 aliphatic heterocycles. The fraction of sp³-hybridized carbons (Fsp3) is 0.639. The number of halogens is 3. The highest BCUT2D eigenvalue weighted by atomic mass is 19.4. The van der Waals surface area contributed by atoms with Gasteiger partial charge >= 0.3 is 6.18 Å². The van der Waals surface area contributed by atoms with Crippen LogP contribution in [0, 0.1) is 0 Å². The first-order valence-corrected chi connectivity index (χ1v) is 17.3. The Morgan fingerprint density at radius 3 is 1.92 bits per heavy atom. The van der Waals surface area contributed by atoms with E-state index in [1.54, 1.807) is 18.2 Å². The van der Waals surface area contributed by atoms with Gasteiger partial charge in [-0.2, -0.15) is 13.2 Å². The van der Waals surface area contributed by atoms with Crippen molar-refractivity contribution in [3.8, 4) is 0 Å². The van der Waals surface area contributed by atoms with Crippen LogP contribution in [0.4, 0.5) is 18.9 Å². The van der Waals surface area contributed by atoms with E-state index < -0.39 is 42.8 Å². The second-order valence-corrected chi connectivity index (χ2v) is 11.8. The SMILES string of the molecule is CCCCOC1[C@@H](OCCCC)C(COCCc2ccc(CCN=[N+]=[N-])cc2)O[C@@H](OC(=Nc2ccccc2)C(F)(F)F)[C@H]1OCCCC. The molecule has 0 radical (unpaired) electrons. The molecule has 0 bridgehead atoms. The Kier molecular flexibility index (Phi) is 18.5. The lowest BCUT2D eigenvalue weighted by Gasteiger charge is -2.45. The minimum atomic E-state index is -4.90. The van der Waals surface area contributed by atoms with Crippen LogP contribution in [0.15, 0.2) is 64.7 Å². The molecule has 272 valence electrons. The summed E-state index contributed by atoms with van der Waals surface area (Å²) in [4.78, 5) is 6.59. The van der Waals surface area contributed by atoms with E-state index in [2.05, 4.69) is 21.9 Å². The number of hydrogen-bond acceptors (Lipinski definition) is 8. The molecular formula is C36H51F3N4O6. The maximum Gasteiger partial charge on any atom is 0.468 e. The predicted octanol–water partition coefficient (Wildman–Crippen LogP) is 8.69. The van der Waals surface area contributed by atoms with Crippen LogP contribution in [0.3, 0.4) is 0 Å². The van der Waals surface area contributed by atoms with E-state index in [0.717, 1.165) is 43.2 Å². The number of aliphatic imine (C=N–C) groups is 1. The summed E-state index contributed by atoms with van der Waals surface area (Å²) in [5.41, 5.74) is 10.7. The van der Waals surface area contributed by atoms with Crippen LogP contribution in [0.2, 0.25) is 0 Å². The van der Waals surface area contributed by atoms with Gasteiger partial charge in [0, 0.05) is 31.3 Å². The lowest BCUT2D eigenvalue weighted by atomic mass is 9.98. The average Bonchev–Trinajstić information content (AvgIpc) is 3.09. The summed E-state index contributed by atoms with van der Waals surface area (Å²) in [6, 6.07) is 15.8. The summed E-state index contributed by atoms with van der Waals surface area (Å²) >= 11 is 0. The van der Waals surface area contributed by atoms with E-state index in [4.69, 9.17) is 34.0 Å². The number of para-hydroxylation sites is 1. The van der Waals surface area contributed by atoms with Gasteiger partial charge in [0.2, 0.25) is 6.29 Å². The van der Waals surface area contributed by atoms with Crippen LogP contribution >= 0.6 is 0 Å². The second-order valence-electron chi connectivity index (χ2n) is 11.8. The monoisotopic (exact) mass is 692 g/mol. The summed E-state index contributed by atoms with van der Waals surface area (Å²) in [6.45, 7) is 7.91. The number of rotatable bonds is 22. The van der Waals surface area contributed by atoms with Gasteiger partial charge in [-0.05, 0) is 60.9 Å². The average molecular weight is 693 g/mol. The van der Waals surface area contributed by atoms with Crippen molar-refractivity contribution in [2.24, 2.45) is 10.1 Å². The fourth-order valence-electron chi connectivity index (χ4n) is 5.14. The molecule has 0 N–H and O–H groups in total. The van der Waals surface area contributed by atoms with Crippen LogP contribution in [0.5, 0.6) is 0 Å². The molecule has 49 heavy (non-hydrogen) atoms. The van der Waals surface area contributed by atoms with Gasteiger partial charge in [0.25, 0.3) is 5.90 Å². The van der Waals surface area contributed by atoms with Crippen molar-refractivity contribution in [2.75, 3.05) is 39.6 Å². The topological polar surface area (TPSA) is 117 Å². The lowest BCUT2D eigenvalue weighted by molar-refractivity contribution is -0.311. The van der Waals surface area contributed by atoms with E-state index in [-0.39, 0.29) is 18.9 Å². The molecule has 10 nitrogen and oxygen atoms in total. The Labute approximate surface area is 287 Å². The number of ether oxygens (including phenoxy) is 6. The second kappa shape index (κ2) is 22.5. The van der Waals surface area contributed by atoms with Gasteiger partial charge in [0.15, 0.2) is 0 Å². The standard InChI is InChI=1S/C36H51F3N4O6/c1-4-7-22-45-31-30(26-44-25-20-28-17-15-27(16-18-28)19-21-41-43-40)48-34(33(47-24-9-6-3)32(31)46-23-8-5-2)49-35(36(37,38)39)42-29-13-11-10-12-14-29/h10-18,30-34H,4-9,19-26H2,1-3H3/t30?,31-,32?,33-,34-/m0/s1. The van der Waals surface area contributed by atoms with Gasteiger partial charge in [-0.25, -0.2) is 4.99 Å². The molecule has 0 aliphatic carbocycles. The maximum absolute atomic E-state index is 14.4. The summed E-state index contributed by atoms with van der Waals surface area (Å²) in [7, 11) is 0. The Bertz CT molecular complexity index is 1260. The van der Waals surface area contributed by atoms with Crippen molar-refractivity contribution >= 4 is 11.6 Å². The molecule has 1 aliphatic rings. The highest BCUT2D eigenvalue weighted by molar-refractivity contribution is 5.84. The van der Waals surface area contributed by atoms with Crippen molar-refractivity contribution in [3.63, 3.8) is 0 Å². The van der Waals surface area contributed by atoms with Crippen LogP contribution in [0.1, 0.15) is 70.4 Å². The van der Waals surface area contributed by atoms with Gasteiger partial charge in [0.1, 0.15) is 24.4 Å². The van der Waals surface area contributed by atoms with Crippen molar-refractivity contribution in [1.29, 1.82) is 0 Å². The molecule has 3 rings (SSSR count). The Hall–Kier alpha value is -3.19. The van der Waals surface area contributed by atoms with Crippen LogP contribution in [-0.2, 0) is 41.3 Å². The van der Waals surface area contributed by atoms with Crippen molar-refractivity contribution in [3.05, 3.63) is 76.2 Å². The van der Waals surface area contributed by atoms with Gasteiger partial charge < -0.3 is 28.4 Å². The summed E-state index contributed by atoms with van der Waals surface area (Å²) in [5, 5.41) is 3.58. The normalized spacial score (nSPS) is 21.3. The molecule has 5 atom stereocenters. The van der Waals surface area contributed by atoms with E-state index >= 15 is 0 Å². The maximum atomic E-state index is 14.4. The molecule has 2 unspecified atom stereocenters. The molecule has 13 heteroatoms. The zero-order chi connectivity index (χ0) is 35.3. The number of benzene rings is 2.